The molecule has 6 heteroatoms. The van der Waals surface area contributed by atoms with Gasteiger partial charge < -0.3 is 20.3 Å². The topological polar surface area (TPSA) is 79.2 Å². The summed E-state index contributed by atoms with van der Waals surface area (Å²) < 4.78 is 1.84. The highest BCUT2D eigenvalue weighted by Gasteiger charge is 2.15. The van der Waals surface area contributed by atoms with Gasteiger partial charge in [0.25, 0.3) is 0 Å². The van der Waals surface area contributed by atoms with E-state index in [1.807, 2.05) is 54.0 Å². The Morgan fingerprint density at radius 3 is 2.74 bits per heavy atom. The predicted octanol–water partition coefficient (Wildman–Crippen LogP) is 3.34. The summed E-state index contributed by atoms with van der Waals surface area (Å²) in [7, 11) is 0. The van der Waals surface area contributed by atoms with Gasteiger partial charge in [-0.1, -0.05) is 37.3 Å². The van der Waals surface area contributed by atoms with E-state index in [-0.39, 0.29) is 12.5 Å². The number of fused-ring (bicyclic) bond motifs is 1. The number of aromatic nitrogens is 2. The maximum Gasteiger partial charge on any atom is 0.244 e. The zero-order valence-corrected chi connectivity index (χ0v) is 16.0. The molecule has 2 aromatic carbocycles. The van der Waals surface area contributed by atoms with E-state index in [9.17, 15) is 9.90 Å². The van der Waals surface area contributed by atoms with Gasteiger partial charge in [-0.3, -0.25) is 4.79 Å². The normalized spacial score (nSPS) is 12.1. The van der Waals surface area contributed by atoms with E-state index in [4.69, 9.17) is 0 Å². The van der Waals surface area contributed by atoms with E-state index in [0.29, 0.717) is 12.5 Å². The number of aliphatic hydroxyl groups excluding tert-OH is 1. The van der Waals surface area contributed by atoms with Crippen molar-refractivity contribution in [3.8, 4) is 0 Å². The molecule has 0 saturated heterocycles. The van der Waals surface area contributed by atoms with Gasteiger partial charge in [0.1, 0.15) is 6.54 Å². The van der Waals surface area contributed by atoms with Gasteiger partial charge in [0.05, 0.1) is 17.1 Å². The van der Waals surface area contributed by atoms with Crippen LogP contribution in [-0.4, -0.2) is 33.2 Å². The number of rotatable bonds is 7. The van der Waals surface area contributed by atoms with E-state index in [1.54, 1.807) is 6.92 Å². The first-order valence-electron chi connectivity index (χ1n) is 9.25. The van der Waals surface area contributed by atoms with Gasteiger partial charge in [-0.25, -0.2) is 4.98 Å². The second-order valence-corrected chi connectivity index (χ2v) is 6.75. The lowest BCUT2D eigenvalue weighted by Gasteiger charge is -2.15. The Kier molecular flexibility index (Phi) is 5.76. The van der Waals surface area contributed by atoms with Crippen molar-refractivity contribution in [3.63, 3.8) is 0 Å². The van der Waals surface area contributed by atoms with Crippen LogP contribution >= 0.6 is 0 Å². The van der Waals surface area contributed by atoms with E-state index >= 15 is 0 Å². The van der Waals surface area contributed by atoms with Crippen molar-refractivity contribution < 1.29 is 9.90 Å². The number of imidazole rings is 1. The molecule has 1 heterocycles. The number of nitrogens with one attached hydrogen (secondary N) is 2. The molecule has 0 bridgehead atoms. The second-order valence-electron chi connectivity index (χ2n) is 6.75. The Hall–Kier alpha value is -2.86. The Bertz CT molecular complexity index is 947. The van der Waals surface area contributed by atoms with Crippen LogP contribution in [0.3, 0.4) is 0 Å². The van der Waals surface area contributed by atoms with E-state index in [0.717, 1.165) is 34.3 Å². The number of hydrogen-bond donors (Lipinski definition) is 3. The molecule has 3 rings (SSSR count). The first-order chi connectivity index (χ1) is 13.0. The van der Waals surface area contributed by atoms with Crippen LogP contribution in [0.1, 0.15) is 25.0 Å². The summed E-state index contributed by atoms with van der Waals surface area (Å²) in [5.41, 5.74) is 4.73. The summed E-state index contributed by atoms with van der Waals surface area (Å²) in [6.07, 6.45) is 0.345. The summed E-state index contributed by atoms with van der Waals surface area (Å²) in [6, 6.07) is 13.7. The van der Waals surface area contributed by atoms with Gasteiger partial charge in [0, 0.05) is 12.2 Å². The first-order valence-corrected chi connectivity index (χ1v) is 9.25. The summed E-state index contributed by atoms with van der Waals surface area (Å²) in [4.78, 5) is 17.4. The highest BCUT2D eigenvalue weighted by Crippen LogP contribution is 2.23. The van der Waals surface area contributed by atoms with Crippen molar-refractivity contribution >= 4 is 28.6 Å². The van der Waals surface area contributed by atoms with Crippen LogP contribution in [0, 0.1) is 6.92 Å². The van der Waals surface area contributed by atoms with Crippen LogP contribution in [0.4, 0.5) is 11.6 Å². The molecule has 0 radical (unpaired) electrons. The molecule has 1 atom stereocenters. The monoisotopic (exact) mass is 366 g/mol. The number of nitrogens with zero attached hydrogens (tertiary/aromatic N) is 2. The summed E-state index contributed by atoms with van der Waals surface area (Å²) in [5, 5.41) is 15.8. The maximum absolute atomic E-state index is 12.8. The van der Waals surface area contributed by atoms with E-state index < -0.39 is 6.10 Å². The molecular weight excluding hydrogens is 340 g/mol. The number of carbonyl (C=O) groups excluding carboxylic acids is 1. The average Bonchev–Trinajstić information content (AvgIpc) is 2.99. The zero-order chi connectivity index (χ0) is 19.4. The molecular formula is C21H26N4O2. The molecule has 1 amide bonds. The van der Waals surface area contributed by atoms with Crippen LogP contribution in [0.25, 0.3) is 11.0 Å². The molecule has 1 aromatic heterocycles. The third-order valence-electron chi connectivity index (χ3n) is 4.52. The Morgan fingerprint density at radius 2 is 2.00 bits per heavy atom. The van der Waals surface area contributed by atoms with E-state index in [2.05, 4.69) is 22.5 Å². The van der Waals surface area contributed by atoms with E-state index in [1.165, 1.54) is 0 Å². The second kappa shape index (κ2) is 8.22. The van der Waals surface area contributed by atoms with Crippen LogP contribution < -0.4 is 10.6 Å². The molecule has 142 valence electrons. The highest BCUT2D eigenvalue weighted by molar-refractivity contribution is 5.93. The minimum Gasteiger partial charge on any atom is -0.392 e. The summed E-state index contributed by atoms with van der Waals surface area (Å²) >= 11 is 0. The third-order valence-corrected chi connectivity index (χ3v) is 4.52. The van der Waals surface area contributed by atoms with Crippen LogP contribution in [0.5, 0.6) is 0 Å². The Morgan fingerprint density at radius 1 is 1.22 bits per heavy atom. The molecule has 3 N–H and O–H groups in total. The summed E-state index contributed by atoms with van der Waals surface area (Å²) in [5.74, 6) is 0.468. The van der Waals surface area contributed by atoms with Gasteiger partial charge in [-0.05, 0) is 43.5 Å². The maximum atomic E-state index is 12.8. The molecule has 0 fully saturated rings. The quantitative estimate of drug-likeness (QED) is 0.599. The molecule has 0 spiro atoms. The third kappa shape index (κ3) is 4.28. The largest absolute Gasteiger partial charge is 0.392 e. The number of para-hydroxylation sites is 3. The predicted molar refractivity (Wildman–Crippen MR) is 109 cm³/mol. The van der Waals surface area contributed by atoms with Gasteiger partial charge in [-0.15, -0.1) is 0 Å². The van der Waals surface area contributed by atoms with Gasteiger partial charge >= 0.3 is 0 Å². The zero-order valence-electron chi connectivity index (χ0n) is 16.0. The number of hydrogen-bond acceptors (Lipinski definition) is 4. The number of benzene rings is 2. The lowest BCUT2D eigenvalue weighted by molar-refractivity contribution is -0.116. The fraction of sp³-hybridized carbons (Fsp3) is 0.333. The minimum atomic E-state index is -0.508. The van der Waals surface area contributed by atoms with Crippen molar-refractivity contribution in [1.82, 2.24) is 9.55 Å². The Labute approximate surface area is 159 Å². The number of aliphatic hydroxyl groups is 1. The molecule has 6 nitrogen and oxygen atoms in total. The number of aryl methyl sites for hydroxylation is 2. The standard InChI is InChI=1S/C21H26N4O2/c1-4-16-9-7-8-14(2)20(16)24-19(27)13-25-18-11-6-5-10-17(18)23-21(25)22-12-15(3)26/h5-11,15,26H,4,12-13H2,1-3H3,(H,22,23)(H,24,27). The van der Waals surface area contributed by atoms with Crippen molar-refractivity contribution in [2.45, 2.75) is 39.8 Å². The molecule has 0 aliphatic heterocycles. The van der Waals surface area contributed by atoms with Crippen molar-refractivity contribution in [2.75, 3.05) is 17.2 Å². The molecule has 1 unspecified atom stereocenters. The highest BCUT2D eigenvalue weighted by atomic mass is 16.3. The summed E-state index contributed by atoms with van der Waals surface area (Å²) in [6.45, 7) is 6.28. The van der Waals surface area contributed by atoms with Gasteiger partial charge in [0.15, 0.2) is 0 Å². The minimum absolute atomic E-state index is 0.109. The molecule has 0 aliphatic carbocycles. The van der Waals surface area contributed by atoms with Crippen LogP contribution in [-0.2, 0) is 17.8 Å². The lowest BCUT2D eigenvalue weighted by atomic mass is 10.1. The number of anilines is 2. The smallest absolute Gasteiger partial charge is 0.244 e. The van der Waals surface area contributed by atoms with Crippen molar-refractivity contribution in [1.29, 1.82) is 0 Å². The molecule has 0 saturated carbocycles. The fourth-order valence-corrected chi connectivity index (χ4v) is 3.13. The first kappa shape index (κ1) is 18.9. The molecule has 3 aromatic rings. The van der Waals surface area contributed by atoms with Crippen LogP contribution in [0.2, 0.25) is 0 Å². The number of amides is 1. The fourth-order valence-electron chi connectivity index (χ4n) is 3.13. The SMILES string of the molecule is CCc1cccc(C)c1NC(=O)Cn1c(NCC(C)O)nc2ccccc21. The lowest BCUT2D eigenvalue weighted by Crippen LogP contribution is -2.23. The Balaban J connectivity index is 1.87. The molecule has 27 heavy (non-hydrogen) atoms. The van der Waals surface area contributed by atoms with Crippen molar-refractivity contribution in [2.24, 2.45) is 0 Å². The molecule has 0 aliphatic rings. The van der Waals surface area contributed by atoms with Gasteiger partial charge in [-0.2, -0.15) is 0 Å². The van der Waals surface area contributed by atoms with Crippen molar-refractivity contribution in [3.05, 3.63) is 53.6 Å². The number of carbonyl (C=O) groups is 1. The average molecular weight is 366 g/mol. The van der Waals surface area contributed by atoms with Crippen LogP contribution in [0.15, 0.2) is 42.5 Å². The van der Waals surface area contributed by atoms with Gasteiger partial charge in [0.2, 0.25) is 11.9 Å².